The zero-order chi connectivity index (χ0) is 10.7. The largest absolute Gasteiger partial charge is 0.320 e. The minimum atomic E-state index is 1.05. The maximum atomic E-state index is 5.64. The maximum absolute atomic E-state index is 5.64. The quantitative estimate of drug-likeness (QED) is 0.666. The lowest BCUT2D eigenvalue weighted by Gasteiger charge is -2.04. The van der Waals surface area contributed by atoms with Crippen LogP contribution in [0.25, 0.3) is 10.2 Å². The van der Waals surface area contributed by atoms with Gasteiger partial charge in [0, 0.05) is 23.2 Å². The summed E-state index contributed by atoms with van der Waals surface area (Å²) in [5.41, 5.74) is 1.51. The van der Waals surface area contributed by atoms with Gasteiger partial charge in [-0.2, -0.15) is 0 Å². The minimum Gasteiger partial charge on any atom is -0.320 e. The molecule has 0 amide bonds. The van der Waals surface area contributed by atoms with Gasteiger partial charge in [-0.05, 0) is 31.2 Å². The van der Waals surface area contributed by atoms with Crippen LogP contribution in [0.1, 0.15) is 29.1 Å². The Morgan fingerprint density at radius 2 is 2.12 bits per heavy atom. The van der Waals surface area contributed by atoms with Gasteiger partial charge in [0.2, 0.25) is 0 Å². The van der Waals surface area contributed by atoms with Gasteiger partial charge in [-0.1, -0.05) is 12.2 Å². The van der Waals surface area contributed by atoms with Gasteiger partial charge < -0.3 is 4.57 Å². The van der Waals surface area contributed by atoms with E-state index in [1.165, 1.54) is 52.2 Å². The Labute approximate surface area is 103 Å². The first-order valence-electron chi connectivity index (χ1n) is 5.88. The molecule has 2 aromatic heterocycles. The summed E-state index contributed by atoms with van der Waals surface area (Å²) in [4.78, 5) is 7.53. The Hall–Kier alpha value is -0.740. The van der Waals surface area contributed by atoms with Crippen LogP contribution < -0.4 is 0 Å². The molecule has 1 aliphatic carbocycles. The molecular formula is C12H12N2S2. The number of fused-ring (bicyclic) bond motifs is 4. The maximum Gasteiger partial charge on any atom is 0.128 e. The van der Waals surface area contributed by atoms with E-state index in [9.17, 15) is 0 Å². The van der Waals surface area contributed by atoms with E-state index in [2.05, 4.69) is 4.57 Å². The molecule has 4 rings (SSSR count). The Morgan fingerprint density at radius 3 is 3.06 bits per heavy atom. The lowest BCUT2D eigenvalue weighted by atomic mass is 10.2. The summed E-state index contributed by atoms with van der Waals surface area (Å²) >= 11 is 7.52. The number of hydrogen-bond acceptors (Lipinski definition) is 3. The van der Waals surface area contributed by atoms with Gasteiger partial charge in [0.1, 0.15) is 15.3 Å². The van der Waals surface area contributed by atoms with Crippen LogP contribution in [0.4, 0.5) is 0 Å². The van der Waals surface area contributed by atoms with Crippen molar-refractivity contribution in [3.05, 3.63) is 20.9 Å². The van der Waals surface area contributed by atoms with Gasteiger partial charge in [0.25, 0.3) is 0 Å². The van der Waals surface area contributed by atoms with Crippen molar-refractivity contribution in [3.8, 4) is 0 Å². The van der Waals surface area contributed by atoms with Gasteiger partial charge in [-0.15, -0.1) is 11.3 Å². The van der Waals surface area contributed by atoms with Crippen molar-refractivity contribution in [1.82, 2.24) is 9.55 Å². The van der Waals surface area contributed by atoms with E-state index >= 15 is 0 Å². The molecule has 0 atom stereocenters. The van der Waals surface area contributed by atoms with Crippen LogP contribution >= 0.6 is 23.6 Å². The molecule has 3 heterocycles. The number of rotatable bonds is 0. The monoisotopic (exact) mass is 248 g/mol. The molecular weight excluding hydrogens is 236 g/mol. The van der Waals surface area contributed by atoms with E-state index in [1.54, 1.807) is 0 Å². The first-order valence-corrected chi connectivity index (χ1v) is 7.11. The summed E-state index contributed by atoms with van der Waals surface area (Å²) in [6.07, 6.45) is 6.05. The van der Waals surface area contributed by atoms with Crippen LogP contribution in [0.2, 0.25) is 0 Å². The average Bonchev–Trinajstić information content (AvgIpc) is 2.89. The fraction of sp³-hybridized carbons (Fsp3) is 0.500. The summed E-state index contributed by atoms with van der Waals surface area (Å²) in [6.45, 7) is 1.07. The molecule has 0 radical (unpaired) electrons. The molecule has 0 N–H and O–H groups in total. The van der Waals surface area contributed by atoms with Crippen LogP contribution in [-0.4, -0.2) is 9.55 Å². The van der Waals surface area contributed by atoms with Gasteiger partial charge in [-0.25, -0.2) is 4.98 Å². The second kappa shape index (κ2) is 3.14. The van der Waals surface area contributed by atoms with Gasteiger partial charge >= 0.3 is 0 Å². The van der Waals surface area contributed by atoms with Gasteiger partial charge in [0.05, 0.1) is 0 Å². The minimum absolute atomic E-state index is 1.05. The van der Waals surface area contributed by atoms with Crippen molar-refractivity contribution < 1.29 is 0 Å². The Morgan fingerprint density at radius 1 is 1.19 bits per heavy atom. The van der Waals surface area contributed by atoms with E-state index in [1.807, 2.05) is 11.3 Å². The SMILES string of the molecule is S=c1c2c3c(sc2nc2n1CCC2)CCC3. The summed E-state index contributed by atoms with van der Waals surface area (Å²) in [6, 6.07) is 0. The third-order valence-corrected chi connectivity index (χ3v) is 5.30. The predicted octanol–water partition coefficient (Wildman–Crippen LogP) is 3.26. The number of hydrogen-bond donors (Lipinski definition) is 0. The van der Waals surface area contributed by atoms with Gasteiger partial charge in [-0.3, -0.25) is 0 Å². The highest BCUT2D eigenvalue weighted by Gasteiger charge is 2.22. The van der Waals surface area contributed by atoms with Crippen LogP contribution in [0, 0.1) is 4.64 Å². The topological polar surface area (TPSA) is 17.8 Å². The fourth-order valence-corrected chi connectivity index (χ4v) is 4.70. The highest BCUT2D eigenvalue weighted by molar-refractivity contribution is 7.71. The van der Waals surface area contributed by atoms with E-state index in [0.717, 1.165) is 17.6 Å². The molecule has 1 aliphatic heterocycles. The van der Waals surface area contributed by atoms with Crippen molar-refractivity contribution in [2.24, 2.45) is 0 Å². The van der Waals surface area contributed by atoms with Crippen molar-refractivity contribution in [1.29, 1.82) is 0 Å². The van der Waals surface area contributed by atoms with Crippen molar-refractivity contribution in [2.45, 2.75) is 38.6 Å². The van der Waals surface area contributed by atoms with Crippen LogP contribution in [-0.2, 0) is 25.8 Å². The van der Waals surface area contributed by atoms with Crippen molar-refractivity contribution in [2.75, 3.05) is 0 Å². The molecule has 82 valence electrons. The molecule has 16 heavy (non-hydrogen) atoms. The summed E-state index contributed by atoms with van der Waals surface area (Å²) < 4.78 is 3.31. The van der Waals surface area contributed by atoms with E-state index in [4.69, 9.17) is 17.2 Å². The first-order chi connectivity index (χ1) is 7.84. The van der Waals surface area contributed by atoms with Crippen molar-refractivity contribution in [3.63, 3.8) is 0 Å². The second-order valence-electron chi connectivity index (χ2n) is 4.63. The zero-order valence-electron chi connectivity index (χ0n) is 8.95. The lowest BCUT2D eigenvalue weighted by molar-refractivity contribution is 0.733. The first kappa shape index (κ1) is 9.31. The zero-order valence-corrected chi connectivity index (χ0v) is 10.6. The Bertz CT molecular complexity index is 651. The molecule has 0 aromatic carbocycles. The molecule has 0 saturated heterocycles. The molecule has 4 heteroatoms. The molecule has 0 fully saturated rings. The molecule has 2 aliphatic rings. The molecule has 0 saturated carbocycles. The second-order valence-corrected chi connectivity index (χ2v) is 6.10. The number of aromatic nitrogens is 2. The summed E-state index contributed by atoms with van der Waals surface area (Å²) in [5, 5.41) is 1.30. The van der Waals surface area contributed by atoms with E-state index in [-0.39, 0.29) is 0 Å². The number of aryl methyl sites for hydroxylation is 3. The lowest BCUT2D eigenvalue weighted by Crippen LogP contribution is -2.01. The molecule has 0 unspecified atom stereocenters. The standard InChI is InChI=1S/C12H12N2S2/c15-12-10-7-3-1-4-8(7)16-11(10)13-9-5-2-6-14(9)12/h1-6H2. The molecule has 0 bridgehead atoms. The predicted molar refractivity (Wildman–Crippen MR) is 68.8 cm³/mol. The van der Waals surface area contributed by atoms with Crippen molar-refractivity contribution >= 4 is 33.8 Å². The normalized spacial score (nSPS) is 18.0. The number of thiophene rings is 1. The fourth-order valence-electron chi connectivity index (χ4n) is 2.94. The van der Waals surface area contributed by atoms with Crippen LogP contribution in [0.3, 0.4) is 0 Å². The molecule has 0 spiro atoms. The Kier molecular flexibility index (Phi) is 1.83. The summed E-state index contributed by atoms with van der Waals surface area (Å²) in [7, 11) is 0. The number of nitrogens with zero attached hydrogens (tertiary/aromatic N) is 2. The highest BCUT2D eigenvalue weighted by Crippen LogP contribution is 2.37. The third-order valence-electron chi connectivity index (χ3n) is 3.69. The Balaban J connectivity index is 2.18. The average molecular weight is 248 g/mol. The van der Waals surface area contributed by atoms with Crippen LogP contribution in [0.5, 0.6) is 0 Å². The van der Waals surface area contributed by atoms with E-state index in [0.29, 0.717) is 0 Å². The smallest absolute Gasteiger partial charge is 0.128 e. The highest BCUT2D eigenvalue weighted by atomic mass is 32.1. The third kappa shape index (κ3) is 1.07. The van der Waals surface area contributed by atoms with Crippen LogP contribution in [0.15, 0.2) is 0 Å². The van der Waals surface area contributed by atoms with E-state index < -0.39 is 0 Å². The molecule has 2 nitrogen and oxygen atoms in total. The van der Waals surface area contributed by atoms with Gasteiger partial charge in [0.15, 0.2) is 0 Å². The molecule has 2 aromatic rings. The summed E-state index contributed by atoms with van der Waals surface area (Å²) in [5.74, 6) is 1.21.